The van der Waals surface area contributed by atoms with Crippen LogP contribution in [0.15, 0.2) is 28.7 Å². The van der Waals surface area contributed by atoms with Crippen molar-refractivity contribution in [3.63, 3.8) is 0 Å². The molecule has 19 heavy (non-hydrogen) atoms. The van der Waals surface area contributed by atoms with E-state index in [1.54, 1.807) is 0 Å². The van der Waals surface area contributed by atoms with E-state index < -0.39 is 12.6 Å². The van der Waals surface area contributed by atoms with Crippen molar-refractivity contribution in [3.8, 4) is 0 Å². The molecule has 1 nitrogen and oxygen atoms in total. The highest BCUT2D eigenvalue weighted by Crippen LogP contribution is 2.27. The third-order valence-corrected chi connectivity index (χ3v) is 3.34. The van der Waals surface area contributed by atoms with Crippen LogP contribution in [0, 0.1) is 0 Å². The molecular weight excluding hydrogens is 319 g/mol. The van der Waals surface area contributed by atoms with Crippen molar-refractivity contribution in [2.75, 3.05) is 6.54 Å². The topological polar surface area (TPSA) is 12.0 Å². The summed E-state index contributed by atoms with van der Waals surface area (Å²) in [4.78, 5) is 0. The lowest BCUT2D eigenvalue weighted by molar-refractivity contribution is -0.135. The summed E-state index contributed by atoms with van der Waals surface area (Å²) in [6, 6.07) is 7.71. The van der Waals surface area contributed by atoms with Crippen molar-refractivity contribution < 1.29 is 13.2 Å². The Morgan fingerprint density at radius 3 is 2.63 bits per heavy atom. The number of nitrogens with one attached hydrogen (secondary N) is 1. The summed E-state index contributed by atoms with van der Waals surface area (Å²) >= 11 is 3.39. The standard InChI is InChI=1S/C14H19BrF3N/c1-2-9-19-13(7-4-8-14(16,17)18)11-5-3-6-12(15)10-11/h3,5-6,10,13,19H,2,4,7-9H2,1H3. The van der Waals surface area contributed by atoms with Crippen molar-refractivity contribution in [2.24, 2.45) is 0 Å². The van der Waals surface area contributed by atoms with Crippen LogP contribution < -0.4 is 5.32 Å². The minimum Gasteiger partial charge on any atom is -0.310 e. The Bertz CT molecular complexity index is 379. The molecular formula is C14H19BrF3N. The lowest BCUT2D eigenvalue weighted by Crippen LogP contribution is -2.22. The Kier molecular flexibility index (Phi) is 6.86. The molecule has 0 bridgehead atoms. The van der Waals surface area contributed by atoms with Gasteiger partial charge >= 0.3 is 6.18 Å². The van der Waals surface area contributed by atoms with Crippen LogP contribution in [-0.4, -0.2) is 12.7 Å². The number of rotatable bonds is 7. The Labute approximate surface area is 120 Å². The molecule has 1 aromatic rings. The van der Waals surface area contributed by atoms with Gasteiger partial charge in [-0.05, 0) is 43.5 Å². The van der Waals surface area contributed by atoms with E-state index in [2.05, 4.69) is 21.2 Å². The third-order valence-electron chi connectivity index (χ3n) is 2.84. The van der Waals surface area contributed by atoms with Crippen LogP contribution in [0.3, 0.4) is 0 Å². The van der Waals surface area contributed by atoms with Gasteiger partial charge in [-0.2, -0.15) is 13.2 Å². The highest BCUT2D eigenvalue weighted by Gasteiger charge is 2.26. The number of hydrogen-bond donors (Lipinski definition) is 1. The first kappa shape index (κ1) is 16.5. The first-order valence-electron chi connectivity index (χ1n) is 6.48. The largest absolute Gasteiger partial charge is 0.389 e. The number of alkyl halides is 3. The second kappa shape index (κ2) is 7.90. The van der Waals surface area contributed by atoms with Crippen LogP contribution in [0.2, 0.25) is 0 Å². The van der Waals surface area contributed by atoms with Gasteiger partial charge in [0.25, 0.3) is 0 Å². The molecule has 1 rings (SSSR count). The normalized spacial score (nSPS) is 13.5. The molecule has 0 aliphatic rings. The highest BCUT2D eigenvalue weighted by atomic mass is 79.9. The lowest BCUT2D eigenvalue weighted by Gasteiger charge is -2.19. The summed E-state index contributed by atoms with van der Waals surface area (Å²) in [5.41, 5.74) is 1.03. The monoisotopic (exact) mass is 337 g/mol. The van der Waals surface area contributed by atoms with Crippen molar-refractivity contribution in [2.45, 2.75) is 44.8 Å². The van der Waals surface area contributed by atoms with Crippen molar-refractivity contribution in [1.82, 2.24) is 5.32 Å². The van der Waals surface area contributed by atoms with Crippen LogP contribution in [0.5, 0.6) is 0 Å². The van der Waals surface area contributed by atoms with Gasteiger partial charge in [-0.15, -0.1) is 0 Å². The molecule has 0 saturated heterocycles. The Morgan fingerprint density at radius 2 is 2.05 bits per heavy atom. The molecule has 0 aliphatic heterocycles. The van der Waals surface area contributed by atoms with Crippen molar-refractivity contribution >= 4 is 15.9 Å². The summed E-state index contributed by atoms with van der Waals surface area (Å²) in [6.45, 7) is 2.85. The van der Waals surface area contributed by atoms with E-state index in [0.717, 1.165) is 23.0 Å². The average molecular weight is 338 g/mol. The van der Waals surface area contributed by atoms with Crippen LogP contribution in [0.1, 0.15) is 44.2 Å². The molecule has 5 heteroatoms. The summed E-state index contributed by atoms with van der Waals surface area (Å²) in [5.74, 6) is 0. The molecule has 0 radical (unpaired) electrons. The molecule has 0 aromatic heterocycles. The number of hydrogen-bond acceptors (Lipinski definition) is 1. The SMILES string of the molecule is CCCNC(CCCC(F)(F)F)c1cccc(Br)c1. The Hall–Kier alpha value is -0.550. The maximum Gasteiger partial charge on any atom is 0.389 e. The minimum absolute atomic E-state index is 0.0141. The van der Waals surface area contributed by atoms with Crippen LogP contribution in [0.25, 0.3) is 0 Å². The van der Waals surface area contributed by atoms with Crippen LogP contribution >= 0.6 is 15.9 Å². The lowest BCUT2D eigenvalue weighted by atomic mass is 10.0. The van der Waals surface area contributed by atoms with E-state index in [-0.39, 0.29) is 12.5 Å². The van der Waals surface area contributed by atoms with Gasteiger partial charge < -0.3 is 5.32 Å². The molecule has 0 saturated carbocycles. The first-order chi connectivity index (χ1) is 8.92. The van der Waals surface area contributed by atoms with E-state index in [4.69, 9.17) is 0 Å². The molecule has 0 aliphatic carbocycles. The second-order valence-corrected chi connectivity index (χ2v) is 5.48. The van der Waals surface area contributed by atoms with Gasteiger partial charge in [0, 0.05) is 16.9 Å². The zero-order chi connectivity index (χ0) is 14.3. The van der Waals surface area contributed by atoms with Gasteiger partial charge in [0.15, 0.2) is 0 Å². The predicted molar refractivity (Wildman–Crippen MR) is 75.1 cm³/mol. The van der Waals surface area contributed by atoms with Gasteiger partial charge in [0.05, 0.1) is 0 Å². The van der Waals surface area contributed by atoms with Crippen molar-refractivity contribution in [1.29, 1.82) is 0 Å². The molecule has 0 fully saturated rings. The summed E-state index contributed by atoms with van der Waals surface area (Å²) in [5, 5.41) is 3.31. The molecule has 1 N–H and O–H groups in total. The Balaban J connectivity index is 2.61. The van der Waals surface area contributed by atoms with E-state index in [1.807, 2.05) is 31.2 Å². The molecule has 0 heterocycles. The van der Waals surface area contributed by atoms with E-state index >= 15 is 0 Å². The summed E-state index contributed by atoms with van der Waals surface area (Å²) in [6.07, 6.45) is -3.17. The van der Waals surface area contributed by atoms with Crippen molar-refractivity contribution in [3.05, 3.63) is 34.3 Å². The molecule has 1 unspecified atom stereocenters. The molecule has 108 valence electrons. The maximum absolute atomic E-state index is 12.2. The zero-order valence-electron chi connectivity index (χ0n) is 10.9. The quantitative estimate of drug-likeness (QED) is 0.718. The smallest absolute Gasteiger partial charge is 0.310 e. The van der Waals surface area contributed by atoms with Gasteiger partial charge in [-0.25, -0.2) is 0 Å². The van der Waals surface area contributed by atoms with Gasteiger partial charge in [0.2, 0.25) is 0 Å². The number of benzene rings is 1. The van der Waals surface area contributed by atoms with E-state index in [1.165, 1.54) is 0 Å². The minimum atomic E-state index is -4.06. The molecule has 0 amide bonds. The van der Waals surface area contributed by atoms with Gasteiger partial charge in [-0.3, -0.25) is 0 Å². The van der Waals surface area contributed by atoms with E-state index in [9.17, 15) is 13.2 Å². The fraction of sp³-hybridized carbons (Fsp3) is 0.571. The first-order valence-corrected chi connectivity index (χ1v) is 7.27. The van der Waals surface area contributed by atoms with Gasteiger partial charge in [0.1, 0.15) is 0 Å². The molecule has 1 atom stereocenters. The fourth-order valence-electron chi connectivity index (χ4n) is 1.94. The molecule has 0 spiro atoms. The highest BCUT2D eigenvalue weighted by molar-refractivity contribution is 9.10. The second-order valence-electron chi connectivity index (χ2n) is 4.57. The number of halogens is 4. The van der Waals surface area contributed by atoms with E-state index in [0.29, 0.717) is 6.42 Å². The van der Waals surface area contributed by atoms with Crippen LogP contribution in [0.4, 0.5) is 13.2 Å². The third kappa shape index (κ3) is 6.97. The molecule has 1 aromatic carbocycles. The maximum atomic E-state index is 12.2. The predicted octanol–water partition coefficient (Wildman–Crippen LogP) is 5.22. The summed E-state index contributed by atoms with van der Waals surface area (Å²) < 4.78 is 37.5. The van der Waals surface area contributed by atoms with Gasteiger partial charge in [-0.1, -0.05) is 35.0 Å². The fourth-order valence-corrected chi connectivity index (χ4v) is 2.35. The zero-order valence-corrected chi connectivity index (χ0v) is 12.5. The van der Waals surface area contributed by atoms with Crippen LogP contribution in [-0.2, 0) is 0 Å². The average Bonchev–Trinajstić information content (AvgIpc) is 2.32. The Morgan fingerprint density at radius 1 is 1.32 bits per heavy atom. The summed E-state index contributed by atoms with van der Waals surface area (Å²) in [7, 11) is 0.